The summed E-state index contributed by atoms with van der Waals surface area (Å²) in [5.41, 5.74) is 2.14. The number of sulfonamides is 1. The maximum atomic E-state index is 12.9. The van der Waals surface area contributed by atoms with Crippen LogP contribution in [0.2, 0.25) is 0 Å². The van der Waals surface area contributed by atoms with Gasteiger partial charge in [-0.15, -0.1) is 0 Å². The molecule has 1 fully saturated rings. The van der Waals surface area contributed by atoms with Crippen LogP contribution in [0.3, 0.4) is 0 Å². The summed E-state index contributed by atoms with van der Waals surface area (Å²) in [5.74, 6) is 1.56. The van der Waals surface area contributed by atoms with Gasteiger partial charge in [0, 0.05) is 24.7 Å². The minimum atomic E-state index is -3.25. The molecule has 10 heteroatoms. The highest BCUT2D eigenvalue weighted by molar-refractivity contribution is 7.88. The Kier molecular flexibility index (Phi) is 6.67. The van der Waals surface area contributed by atoms with Gasteiger partial charge >= 0.3 is 0 Å². The average molecular weight is 438 g/mol. The van der Waals surface area contributed by atoms with E-state index in [0.29, 0.717) is 48.8 Å². The highest BCUT2D eigenvalue weighted by atomic mass is 32.2. The minimum absolute atomic E-state index is 0.122. The first kappa shape index (κ1) is 22.1. The quantitative estimate of drug-likeness (QED) is 0.705. The van der Waals surface area contributed by atoms with E-state index >= 15 is 0 Å². The maximum Gasteiger partial charge on any atom is 0.253 e. The number of ether oxygens (including phenoxy) is 2. The summed E-state index contributed by atoms with van der Waals surface area (Å²) in [6, 6.07) is 4.93. The number of benzene rings is 1. The predicted molar refractivity (Wildman–Crippen MR) is 110 cm³/mol. The number of carbonyl (C=O) groups is 1. The number of aryl methyl sites for hydroxylation is 2. The lowest BCUT2D eigenvalue weighted by Crippen LogP contribution is -2.46. The molecule has 2 aromatic rings. The normalized spacial score (nSPS) is 15.3. The van der Waals surface area contributed by atoms with Crippen LogP contribution in [0.1, 0.15) is 40.2 Å². The van der Waals surface area contributed by atoms with Gasteiger partial charge in [-0.3, -0.25) is 4.79 Å². The van der Waals surface area contributed by atoms with Gasteiger partial charge in [0.25, 0.3) is 5.91 Å². The highest BCUT2D eigenvalue weighted by Crippen LogP contribution is 2.30. The zero-order chi connectivity index (χ0) is 21.9. The molecular formula is C20H27N3O6S. The molecule has 1 aliphatic rings. The first-order chi connectivity index (χ1) is 14.2. The molecule has 0 saturated carbocycles. The number of amides is 1. The Morgan fingerprint density at radius 3 is 2.53 bits per heavy atom. The number of nitrogens with zero attached hydrogens (tertiary/aromatic N) is 2. The summed E-state index contributed by atoms with van der Waals surface area (Å²) in [6.45, 7) is 4.93. The number of likely N-dealkylation sites (tertiary alicyclic amines) is 1. The molecule has 0 radical (unpaired) electrons. The number of rotatable bonds is 7. The van der Waals surface area contributed by atoms with Crippen molar-refractivity contribution in [2.45, 2.75) is 39.3 Å². The van der Waals surface area contributed by atoms with Gasteiger partial charge in [-0.05, 0) is 44.9 Å². The van der Waals surface area contributed by atoms with E-state index in [4.69, 9.17) is 14.0 Å². The minimum Gasteiger partial charge on any atom is -0.493 e. The Bertz CT molecular complexity index is 990. The van der Waals surface area contributed by atoms with Crippen molar-refractivity contribution in [1.82, 2.24) is 14.8 Å². The molecule has 164 valence electrons. The molecular weight excluding hydrogens is 410 g/mol. The number of methoxy groups -OCH3 is 1. The van der Waals surface area contributed by atoms with Crippen molar-refractivity contribution in [2.75, 3.05) is 26.5 Å². The van der Waals surface area contributed by atoms with E-state index in [9.17, 15) is 13.2 Å². The number of hydrogen-bond donors (Lipinski definition) is 1. The Hall–Kier alpha value is -2.59. The van der Waals surface area contributed by atoms with Crippen molar-refractivity contribution in [1.29, 1.82) is 0 Å². The van der Waals surface area contributed by atoms with Gasteiger partial charge in [0.05, 0.1) is 24.6 Å². The van der Waals surface area contributed by atoms with Crippen LogP contribution in [0.25, 0.3) is 0 Å². The Labute approximate surface area is 176 Å². The molecule has 0 spiro atoms. The van der Waals surface area contributed by atoms with Crippen LogP contribution in [0.5, 0.6) is 11.5 Å². The lowest BCUT2D eigenvalue weighted by atomic mass is 10.0. The lowest BCUT2D eigenvalue weighted by molar-refractivity contribution is 0.0711. The van der Waals surface area contributed by atoms with E-state index in [1.165, 1.54) is 7.11 Å². The molecule has 1 aliphatic heterocycles. The second-order valence-corrected chi connectivity index (χ2v) is 9.19. The van der Waals surface area contributed by atoms with Gasteiger partial charge in [0.1, 0.15) is 12.4 Å². The van der Waals surface area contributed by atoms with Crippen molar-refractivity contribution < 1.29 is 27.2 Å². The third kappa shape index (κ3) is 5.31. The lowest BCUT2D eigenvalue weighted by Gasteiger charge is -2.32. The molecule has 2 heterocycles. The summed E-state index contributed by atoms with van der Waals surface area (Å²) in [5, 5.41) is 3.91. The highest BCUT2D eigenvalue weighted by Gasteiger charge is 2.26. The van der Waals surface area contributed by atoms with Crippen molar-refractivity contribution in [3.05, 3.63) is 40.8 Å². The largest absolute Gasteiger partial charge is 0.493 e. The standard InChI is InChI=1S/C20H27N3O6S/c1-13-17(14(2)29-21-13)12-28-18-6-5-15(11-19(18)27-3)20(24)23-9-7-16(8-10-23)22-30(4,25)26/h5-6,11,16,22H,7-10,12H2,1-4H3. The fraction of sp³-hybridized carbons (Fsp3) is 0.500. The van der Waals surface area contributed by atoms with E-state index in [0.717, 1.165) is 17.5 Å². The summed E-state index contributed by atoms with van der Waals surface area (Å²) in [6.07, 6.45) is 2.30. The second-order valence-electron chi connectivity index (χ2n) is 7.41. The Morgan fingerprint density at radius 2 is 1.97 bits per heavy atom. The smallest absolute Gasteiger partial charge is 0.253 e. The topological polar surface area (TPSA) is 111 Å². The zero-order valence-electron chi connectivity index (χ0n) is 17.6. The molecule has 3 rings (SSSR count). The number of piperidine rings is 1. The van der Waals surface area contributed by atoms with Crippen molar-refractivity contribution in [3.8, 4) is 11.5 Å². The molecule has 1 N–H and O–H groups in total. The van der Waals surface area contributed by atoms with Crippen molar-refractivity contribution >= 4 is 15.9 Å². The Morgan fingerprint density at radius 1 is 1.27 bits per heavy atom. The fourth-order valence-corrected chi connectivity index (χ4v) is 4.30. The maximum absolute atomic E-state index is 12.9. The van der Waals surface area contributed by atoms with E-state index < -0.39 is 10.0 Å². The summed E-state index contributed by atoms with van der Waals surface area (Å²) in [7, 11) is -1.73. The molecule has 1 saturated heterocycles. The van der Waals surface area contributed by atoms with Gasteiger partial charge in [-0.2, -0.15) is 0 Å². The second kappa shape index (κ2) is 9.05. The van der Waals surface area contributed by atoms with E-state index in [1.54, 1.807) is 23.1 Å². The van der Waals surface area contributed by atoms with Crippen LogP contribution in [0.15, 0.2) is 22.7 Å². The van der Waals surface area contributed by atoms with Crippen LogP contribution in [0, 0.1) is 13.8 Å². The van der Waals surface area contributed by atoms with Crippen LogP contribution < -0.4 is 14.2 Å². The average Bonchev–Trinajstić information content (AvgIpc) is 3.02. The molecule has 1 aromatic heterocycles. The van der Waals surface area contributed by atoms with Crippen LogP contribution in [0.4, 0.5) is 0 Å². The summed E-state index contributed by atoms with van der Waals surface area (Å²) in [4.78, 5) is 14.6. The first-order valence-electron chi connectivity index (χ1n) is 9.67. The Balaban J connectivity index is 1.65. The van der Waals surface area contributed by atoms with Crippen LogP contribution in [-0.2, 0) is 16.6 Å². The third-order valence-corrected chi connectivity index (χ3v) is 5.89. The zero-order valence-corrected chi connectivity index (χ0v) is 18.4. The summed E-state index contributed by atoms with van der Waals surface area (Å²) >= 11 is 0. The predicted octanol–water partition coefficient (Wildman–Crippen LogP) is 2.03. The number of nitrogens with one attached hydrogen (secondary N) is 1. The van der Waals surface area contributed by atoms with Crippen molar-refractivity contribution in [2.24, 2.45) is 0 Å². The molecule has 30 heavy (non-hydrogen) atoms. The van der Waals surface area contributed by atoms with Crippen molar-refractivity contribution in [3.63, 3.8) is 0 Å². The van der Waals surface area contributed by atoms with Crippen LogP contribution >= 0.6 is 0 Å². The third-order valence-electron chi connectivity index (χ3n) is 5.13. The number of aromatic nitrogens is 1. The molecule has 1 aromatic carbocycles. The molecule has 0 bridgehead atoms. The molecule has 9 nitrogen and oxygen atoms in total. The molecule has 0 atom stereocenters. The van der Waals surface area contributed by atoms with E-state index in [2.05, 4.69) is 9.88 Å². The molecule has 0 aliphatic carbocycles. The SMILES string of the molecule is COc1cc(C(=O)N2CCC(NS(C)(=O)=O)CC2)ccc1OCc1c(C)noc1C. The summed E-state index contributed by atoms with van der Waals surface area (Å²) < 4.78 is 41.8. The van der Waals surface area contributed by atoms with Crippen LogP contribution in [-0.4, -0.2) is 56.9 Å². The van der Waals surface area contributed by atoms with E-state index in [1.807, 2.05) is 13.8 Å². The monoisotopic (exact) mass is 437 g/mol. The fourth-order valence-electron chi connectivity index (χ4n) is 3.46. The number of carbonyl (C=O) groups excluding carboxylic acids is 1. The molecule has 0 unspecified atom stereocenters. The molecule has 1 amide bonds. The van der Waals surface area contributed by atoms with Gasteiger partial charge < -0.3 is 18.9 Å². The number of hydrogen-bond acceptors (Lipinski definition) is 7. The first-order valence-corrected chi connectivity index (χ1v) is 11.6. The van der Waals surface area contributed by atoms with Gasteiger partial charge in [0.2, 0.25) is 10.0 Å². The van der Waals surface area contributed by atoms with E-state index in [-0.39, 0.29) is 18.6 Å². The van der Waals surface area contributed by atoms with Gasteiger partial charge in [-0.1, -0.05) is 5.16 Å². The van der Waals surface area contributed by atoms with Gasteiger partial charge in [0.15, 0.2) is 11.5 Å². The van der Waals surface area contributed by atoms with Gasteiger partial charge in [-0.25, -0.2) is 13.1 Å².